The Bertz CT molecular complexity index is 556. The van der Waals surface area contributed by atoms with Crippen LogP contribution in [-0.2, 0) is 6.54 Å². The molecule has 100 valence electrons. The minimum atomic E-state index is 0.653. The Morgan fingerprint density at radius 3 is 2.68 bits per heavy atom. The second-order valence-electron chi connectivity index (χ2n) is 4.21. The van der Waals surface area contributed by atoms with Gasteiger partial charge < -0.3 is 14.8 Å². The van der Waals surface area contributed by atoms with Crippen LogP contribution >= 0.6 is 0 Å². The van der Waals surface area contributed by atoms with Crippen molar-refractivity contribution in [3.05, 3.63) is 47.7 Å². The van der Waals surface area contributed by atoms with E-state index in [0.29, 0.717) is 12.4 Å². The molecule has 2 aromatic rings. The minimum Gasteiger partial charge on any atom is -0.496 e. The van der Waals surface area contributed by atoms with Crippen LogP contribution in [0.2, 0.25) is 0 Å². The summed E-state index contributed by atoms with van der Waals surface area (Å²) in [5, 5.41) is 3.35. The lowest BCUT2D eigenvalue weighted by Gasteiger charge is -2.11. The summed E-state index contributed by atoms with van der Waals surface area (Å²) in [4.78, 5) is 4.17. The molecule has 1 heterocycles. The molecule has 0 saturated heterocycles. The van der Waals surface area contributed by atoms with Gasteiger partial charge in [0.15, 0.2) is 0 Å². The van der Waals surface area contributed by atoms with Crippen molar-refractivity contribution in [2.45, 2.75) is 13.5 Å². The van der Waals surface area contributed by atoms with Crippen LogP contribution in [0.4, 0.5) is 5.69 Å². The van der Waals surface area contributed by atoms with E-state index in [9.17, 15) is 0 Å². The summed E-state index contributed by atoms with van der Waals surface area (Å²) < 4.78 is 10.5. The average Bonchev–Trinajstić information content (AvgIpc) is 2.45. The van der Waals surface area contributed by atoms with E-state index >= 15 is 0 Å². The standard InChI is InChI=1S/C15H18N2O2/c1-11-9-13(6-7-14(11)18-2)17-10-12-5-4-8-16-15(12)19-3/h4-9,17H,10H2,1-3H3. The number of nitrogens with one attached hydrogen (secondary N) is 1. The summed E-state index contributed by atoms with van der Waals surface area (Å²) in [6, 6.07) is 9.91. The highest BCUT2D eigenvalue weighted by atomic mass is 16.5. The number of aromatic nitrogens is 1. The van der Waals surface area contributed by atoms with E-state index in [0.717, 1.165) is 22.6 Å². The minimum absolute atomic E-state index is 0.653. The van der Waals surface area contributed by atoms with Gasteiger partial charge in [0.2, 0.25) is 5.88 Å². The van der Waals surface area contributed by atoms with Crippen LogP contribution in [0, 0.1) is 6.92 Å². The monoisotopic (exact) mass is 258 g/mol. The molecule has 0 fully saturated rings. The molecule has 2 rings (SSSR count). The predicted octanol–water partition coefficient (Wildman–Crippen LogP) is 3.02. The molecule has 1 N–H and O–H groups in total. The number of hydrogen-bond donors (Lipinski definition) is 1. The van der Waals surface area contributed by atoms with Crippen LogP contribution in [0.3, 0.4) is 0 Å². The van der Waals surface area contributed by atoms with Gasteiger partial charge in [0, 0.05) is 24.0 Å². The van der Waals surface area contributed by atoms with Crippen molar-refractivity contribution in [3.8, 4) is 11.6 Å². The number of ether oxygens (including phenoxy) is 2. The SMILES string of the molecule is COc1ccc(NCc2cccnc2OC)cc1C. The summed E-state index contributed by atoms with van der Waals surface area (Å²) in [7, 11) is 3.30. The predicted molar refractivity (Wildman–Crippen MR) is 75.8 cm³/mol. The van der Waals surface area contributed by atoms with Crippen molar-refractivity contribution in [1.82, 2.24) is 4.98 Å². The molecule has 0 saturated carbocycles. The van der Waals surface area contributed by atoms with Crippen LogP contribution < -0.4 is 14.8 Å². The van der Waals surface area contributed by atoms with Gasteiger partial charge in [-0.2, -0.15) is 0 Å². The molecule has 0 aliphatic carbocycles. The summed E-state index contributed by atoms with van der Waals surface area (Å²) in [5.74, 6) is 1.55. The van der Waals surface area contributed by atoms with E-state index in [4.69, 9.17) is 9.47 Å². The zero-order chi connectivity index (χ0) is 13.7. The van der Waals surface area contributed by atoms with Gasteiger partial charge >= 0.3 is 0 Å². The number of rotatable bonds is 5. The van der Waals surface area contributed by atoms with Crippen LogP contribution in [-0.4, -0.2) is 19.2 Å². The van der Waals surface area contributed by atoms with Crippen LogP contribution in [0.1, 0.15) is 11.1 Å². The van der Waals surface area contributed by atoms with E-state index < -0.39 is 0 Å². The van der Waals surface area contributed by atoms with Crippen molar-refractivity contribution in [2.75, 3.05) is 19.5 Å². The Hall–Kier alpha value is -2.23. The summed E-state index contributed by atoms with van der Waals surface area (Å²) in [5.41, 5.74) is 3.17. The maximum absolute atomic E-state index is 5.24. The molecule has 0 aliphatic heterocycles. The first-order chi connectivity index (χ1) is 9.24. The van der Waals surface area contributed by atoms with E-state index in [1.807, 2.05) is 31.2 Å². The van der Waals surface area contributed by atoms with Gasteiger partial charge in [0.1, 0.15) is 5.75 Å². The maximum atomic E-state index is 5.24. The molecular formula is C15H18N2O2. The lowest BCUT2D eigenvalue weighted by molar-refractivity contribution is 0.393. The molecule has 1 aromatic carbocycles. The Morgan fingerprint density at radius 2 is 2.00 bits per heavy atom. The van der Waals surface area contributed by atoms with Crippen LogP contribution in [0.25, 0.3) is 0 Å². The molecule has 0 radical (unpaired) electrons. The Kier molecular flexibility index (Phi) is 4.23. The number of nitrogens with zero attached hydrogens (tertiary/aromatic N) is 1. The number of hydrogen-bond acceptors (Lipinski definition) is 4. The van der Waals surface area contributed by atoms with Crippen molar-refractivity contribution < 1.29 is 9.47 Å². The number of benzene rings is 1. The summed E-state index contributed by atoms with van der Waals surface area (Å²) in [6.07, 6.45) is 1.72. The number of methoxy groups -OCH3 is 2. The summed E-state index contributed by atoms with van der Waals surface area (Å²) in [6.45, 7) is 2.69. The van der Waals surface area contributed by atoms with E-state index in [1.54, 1.807) is 20.4 Å². The smallest absolute Gasteiger partial charge is 0.218 e. The third-order valence-electron chi connectivity index (χ3n) is 2.92. The van der Waals surface area contributed by atoms with Crippen LogP contribution in [0.5, 0.6) is 11.6 Å². The second kappa shape index (κ2) is 6.09. The quantitative estimate of drug-likeness (QED) is 0.895. The molecule has 0 unspecified atom stereocenters. The van der Waals surface area contributed by atoms with Gasteiger partial charge in [0.05, 0.1) is 14.2 Å². The number of anilines is 1. The lowest BCUT2D eigenvalue weighted by atomic mass is 10.2. The highest BCUT2D eigenvalue weighted by molar-refractivity contribution is 5.51. The molecule has 0 aliphatic rings. The number of pyridine rings is 1. The lowest BCUT2D eigenvalue weighted by Crippen LogP contribution is -2.03. The Labute approximate surface area is 113 Å². The molecule has 4 heteroatoms. The first-order valence-corrected chi connectivity index (χ1v) is 6.11. The van der Waals surface area contributed by atoms with Gasteiger partial charge in [-0.25, -0.2) is 4.98 Å². The molecule has 1 aromatic heterocycles. The molecule has 4 nitrogen and oxygen atoms in total. The fourth-order valence-corrected chi connectivity index (χ4v) is 1.93. The fraction of sp³-hybridized carbons (Fsp3) is 0.267. The average molecular weight is 258 g/mol. The van der Waals surface area contributed by atoms with Crippen LogP contribution in [0.15, 0.2) is 36.5 Å². The molecule has 0 bridgehead atoms. The first kappa shape index (κ1) is 13.2. The Balaban J connectivity index is 2.08. The van der Waals surface area contributed by atoms with Crippen molar-refractivity contribution in [1.29, 1.82) is 0 Å². The third kappa shape index (κ3) is 3.16. The summed E-state index contributed by atoms with van der Waals surface area (Å²) >= 11 is 0. The van der Waals surface area contributed by atoms with Crippen molar-refractivity contribution >= 4 is 5.69 Å². The largest absolute Gasteiger partial charge is 0.496 e. The maximum Gasteiger partial charge on any atom is 0.218 e. The molecular weight excluding hydrogens is 240 g/mol. The van der Waals surface area contributed by atoms with E-state index in [2.05, 4.69) is 16.4 Å². The normalized spacial score (nSPS) is 10.1. The van der Waals surface area contributed by atoms with Crippen molar-refractivity contribution in [2.24, 2.45) is 0 Å². The first-order valence-electron chi connectivity index (χ1n) is 6.11. The topological polar surface area (TPSA) is 43.4 Å². The third-order valence-corrected chi connectivity index (χ3v) is 2.92. The second-order valence-corrected chi connectivity index (χ2v) is 4.21. The van der Waals surface area contributed by atoms with E-state index in [1.165, 1.54) is 0 Å². The zero-order valence-corrected chi connectivity index (χ0v) is 11.4. The van der Waals surface area contributed by atoms with Crippen molar-refractivity contribution in [3.63, 3.8) is 0 Å². The molecule has 0 amide bonds. The van der Waals surface area contributed by atoms with Gasteiger partial charge in [0.25, 0.3) is 0 Å². The van der Waals surface area contributed by atoms with Gasteiger partial charge in [-0.1, -0.05) is 6.07 Å². The van der Waals surface area contributed by atoms with Gasteiger partial charge in [-0.15, -0.1) is 0 Å². The highest BCUT2D eigenvalue weighted by Gasteiger charge is 2.04. The zero-order valence-electron chi connectivity index (χ0n) is 11.4. The Morgan fingerprint density at radius 1 is 1.16 bits per heavy atom. The number of aryl methyl sites for hydroxylation is 1. The molecule has 19 heavy (non-hydrogen) atoms. The molecule has 0 atom stereocenters. The fourth-order valence-electron chi connectivity index (χ4n) is 1.93. The van der Waals surface area contributed by atoms with E-state index in [-0.39, 0.29) is 0 Å². The highest BCUT2D eigenvalue weighted by Crippen LogP contribution is 2.22. The van der Waals surface area contributed by atoms with Gasteiger partial charge in [-0.3, -0.25) is 0 Å². The van der Waals surface area contributed by atoms with Gasteiger partial charge in [-0.05, 0) is 36.8 Å². The molecule has 0 spiro atoms.